The molecule has 2 aromatic carbocycles. The van der Waals surface area contributed by atoms with Crippen molar-refractivity contribution in [1.29, 1.82) is 0 Å². The number of anilines is 3. The molecule has 46 heavy (non-hydrogen) atoms. The molecule has 9 heteroatoms. The highest BCUT2D eigenvalue weighted by atomic mass is 32.2. The van der Waals surface area contributed by atoms with Crippen molar-refractivity contribution in [1.82, 2.24) is 4.90 Å². The number of likely N-dealkylation sites (tertiary alicyclic amines) is 1. The van der Waals surface area contributed by atoms with Gasteiger partial charge in [-0.15, -0.1) is 11.8 Å². The minimum absolute atomic E-state index is 0.111. The van der Waals surface area contributed by atoms with Crippen molar-refractivity contribution in [3.8, 4) is 0 Å². The third-order valence-corrected chi connectivity index (χ3v) is 12.0. The maximum absolute atomic E-state index is 15.0. The zero-order valence-electron chi connectivity index (χ0n) is 27.5. The number of aliphatic hydroxyl groups is 1. The standard InChI is InChI=1S/C37H46N4O4S/c1-6-38(7-2)26-15-17-28(18-16-26)40-22-12-20-37-31(34(44)41(32(37)35(40)45)29(24-42)23-25(3)4)30-33(43)39(27-13-9-8-10-14-27)21-11-19-36(30,5)46-37/h8-20,25,29-32,42H,6-7,21-24H2,1-5H3/t29-,30-,31+,32?,36+,37+/m1/s1. The average molecular weight is 643 g/mol. The molecule has 2 fully saturated rings. The number of nitrogens with zero attached hydrogens (tertiary/aromatic N) is 4. The molecule has 0 bridgehead atoms. The van der Waals surface area contributed by atoms with Gasteiger partial charge in [-0.05, 0) is 69.5 Å². The Bertz CT molecular complexity index is 1520. The topological polar surface area (TPSA) is 84.4 Å². The highest BCUT2D eigenvalue weighted by molar-refractivity contribution is 8.02. The first kappa shape index (κ1) is 32.4. The molecule has 4 aliphatic rings. The van der Waals surface area contributed by atoms with Gasteiger partial charge >= 0.3 is 0 Å². The van der Waals surface area contributed by atoms with Crippen molar-refractivity contribution in [2.24, 2.45) is 17.8 Å². The molecule has 2 saturated heterocycles. The van der Waals surface area contributed by atoms with Crippen LogP contribution in [0.25, 0.3) is 0 Å². The van der Waals surface area contributed by atoms with Gasteiger partial charge in [-0.25, -0.2) is 0 Å². The number of para-hydroxylation sites is 1. The van der Waals surface area contributed by atoms with Gasteiger partial charge in [-0.2, -0.15) is 0 Å². The third kappa shape index (κ3) is 5.16. The van der Waals surface area contributed by atoms with Crippen LogP contribution in [0.15, 0.2) is 78.9 Å². The molecule has 0 radical (unpaired) electrons. The Morgan fingerprint density at radius 3 is 2.07 bits per heavy atom. The first-order valence-electron chi connectivity index (χ1n) is 16.6. The monoisotopic (exact) mass is 642 g/mol. The Hall–Kier alpha value is -3.56. The Morgan fingerprint density at radius 1 is 0.848 bits per heavy atom. The number of hydrogen-bond acceptors (Lipinski definition) is 6. The maximum atomic E-state index is 15.0. The van der Waals surface area contributed by atoms with Gasteiger partial charge in [0.2, 0.25) is 11.8 Å². The van der Waals surface area contributed by atoms with E-state index in [0.29, 0.717) is 19.5 Å². The van der Waals surface area contributed by atoms with E-state index in [1.54, 1.807) is 26.5 Å². The predicted octanol–water partition coefficient (Wildman–Crippen LogP) is 5.13. The van der Waals surface area contributed by atoms with Crippen molar-refractivity contribution in [2.75, 3.05) is 47.5 Å². The molecular weight excluding hydrogens is 596 g/mol. The maximum Gasteiger partial charge on any atom is 0.251 e. The van der Waals surface area contributed by atoms with Crippen LogP contribution in [0.1, 0.15) is 41.0 Å². The first-order chi connectivity index (χ1) is 22.1. The molecule has 1 N–H and O–H groups in total. The smallest absolute Gasteiger partial charge is 0.251 e. The highest BCUT2D eigenvalue weighted by Crippen LogP contribution is 2.66. The van der Waals surface area contributed by atoms with E-state index in [2.05, 4.69) is 38.7 Å². The number of carbonyl (C=O) groups is 3. The number of rotatable bonds is 9. The normalized spacial score (nSPS) is 29.5. The zero-order valence-corrected chi connectivity index (χ0v) is 28.3. The Morgan fingerprint density at radius 2 is 1.46 bits per heavy atom. The summed E-state index contributed by atoms with van der Waals surface area (Å²) in [7, 11) is 0. The fraction of sp³-hybridized carbons (Fsp3) is 0.486. The summed E-state index contributed by atoms with van der Waals surface area (Å²) < 4.78 is -1.68. The summed E-state index contributed by atoms with van der Waals surface area (Å²) >= 11 is 1.57. The highest BCUT2D eigenvalue weighted by Gasteiger charge is 2.74. The molecule has 3 amide bonds. The van der Waals surface area contributed by atoms with Crippen molar-refractivity contribution >= 4 is 46.5 Å². The number of thioether (sulfide) groups is 1. The minimum atomic E-state index is -0.979. The lowest BCUT2D eigenvalue weighted by Crippen LogP contribution is -2.57. The predicted molar refractivity (Wildman–Crippen MR) is 186 cm³/mol. The number of carbonyl (C=O) groups excluding carboxylic acids is 3. The molecule has 1 spiro atoms. The summed E-state index contributed by atoms with van der Waals surface area (Å²) in [5.41, 5.74) is 2.63. The number of hydrogen-bond donors (Lipinski definition) is 1. The van der Waals surface area contributed by atoms with Crippen molar-refractivity contribution in [2.45, 2.75) is 62.6 Å². The third-order valence-electron chi connectivity index (χ3n) is 10.2. The summed E-state index contributed by atoms with van der Waals surface area (Å²) in [4.78, 5) is 52.0. The molecule has 6 rings (SSSR count). The number of fused-ring (bicyclic) bond motifs is 2. The van der Waals surface area contributed by atoms with Crippen LogP contribution < -0.4 is 14.7 Å². The SMILES string of the molecule is CCN(CC)c1ccc(N2CC=C[C@]34S[C@@]5(C)C=CCN(c6ccccc6)C(=O)[C@H]5[C@H]3C(=O)N([C@@H](CO)CC(C)C)C4C2=O)cc1. The summed E-state index contributed by atoms with van der Waals surface area (Å²) in [6.07, 6.45) is 8.70. The van der Waals surface area contributed by atoms with Crippen LogP contribution >= 0.6 is 11.8 Å². The molecule has 6 atom stereocenters. The second kappa shape index (κ2) is 12.6. The van der Waals surface area contributed by atoms with Crippen LogP contribution in [0.4, 0.5) is 17.1 Å². The van der Waals surface area contributed by atoms with Crippen LogP contribution in [-0.2, 0) is 14.4 Å². The molecule has 0 aromatic heterocycles. The van der Waals surface area contributed by atoms with Crippen molar-refractivity contribution in [3.63, 3.8) is 0 Å². The van der Waals surface area contributed by atoms with E-state index in [1.807, 2.05) is 79.7 Å². The Labute approximate surface area is 277 Å². The van der Waals surface area contributed by atoms with Gasteiger partial charge in [-0.1, -0.05) is 56.4 Å². The van der Waals surface area contributed by atoms with Crippen LogP contribution in [0.3, 0.4) is 0 Å². The quantitative estimate of drug-likeness (QED) is 0.382. The van der Waals surface area contributed by atoms with Crippen LogP contribution in [-0.4, -0.2) is 82.1 Å². The fourth-order valence-electron chi connectivity index (χ4n) is 8.18. The second-order valence-electron chi connectivity index (χ2n) is 13.4. The summed E-state index contributed by atoms with van der Waals surface area (Å²) in [5.74, 6) is -1.77. The van der Waals surface area contributed by atoms with E-state index in [-0.39, 0.29) is 30.2 Å². The molecular formula is C37H46N4O4S. The minimum Gasteiger partial charge on any atom is -0.394 e. The fourth-order valence-corrected chi connectivity index (χ4v) is 10.3. The van der Waals surface area contributed by atoms with Gasteiger partial charge in [0.15, 0.2) is 0 Å². The van der Waals surface area contributed by atoms with E-state index in [9.17, 15) is 19.5 Å². The van der Waals surface area contributed by atoms with E-state index in [0.717, 1.165) is 30.2 Å². The lowest BCUT2D eigenvalue weighted by Gasteiger charge is -2.40. The zero-order chi connectivity index (χ0) is 32.8. The molecule has 4 heterocycles. The molecule has 0 saturated carbocycles. The van der Waals surface area contributed by atoms with Gasteiger partial charge < -0.3 is 24.7 Å². The summed E-state index contributed by atoms with van der Waals surface area (Å²) in [6, 6.07) is 16.2. The van der Waals surface area contributed by atoms with Crippen LogP contribution in [0, 0.1) is 17.8 Å². The van der Waals surface area contributed by atoms with Gasteiger partial charge in [0.25, 0.3) is 5.91 Å². The molecule has 8 nitrogen and oxygen atoms in total. The average Bonchev–Trinajstić information content (AvgIpc) is 3.32. The molecule has 4 aliphatic heterocycles. The van der Waals surface area contributed by atoms with Crippen molar-refractivity contribution in [3.05, 3.63) is 78.9 Å². The molecule has 0 aliphatic carbocycles. The molecule has 244 valence electrons. The Kier molecular flexibility index (Phi) is 8.85. The number of aliphatic hydroxyl groups excluding tert-OH is 1. The molecule has 1 unspecified atom stereocenters. The van der Waals surface area contributed by atoms with Crippen LogP contribution in [0.2, 0.25) is 0 Å². The van der Waals surface area contributed by atoms with Gasteiger partial charge in [0, 0.05) is 48.0 Å². The lowest BCUT2D eigenvalue weighted by molar-refractivity contribution is -0.142. The summed E-state index contributed by atoms with van der Waals surface area (Å²) in [5, 5.41) is 10.7. The number of amides is 3. The van der Waals surface area contributed by atoms with E-state index >= 15 is 0 Å². The van der Waals surface area contributed by atoms with E-state index in [4.69, 9.17) is 0 Å². The second-order valence-corrected chi connectivity index (χ2v) is 15.2. The van der Waals surface area contributed by atoms with Crippen molar-refractivity contribution < 1.29 is 19.5 Å². The lowest BCUT2D eigenvalue weighted by atomic mass is 9.74. The Balaban J connectivity index is 1.46. The van der Waals surface area contributed by atoms with Gasteiger partial charge in [0.05, 0.1) is 29.2 Å². The largest absolute Gasteiger partial charge is 0.394 e. The van der Waals surface area contributed by atoms with E-state index < -0.39 is 33.4 Å². The summed E-state index contributed by atoms with van der Waals surface area (Å²) in [6.45, 7) is 12.7. The number of benzene rings is 2. The van der Waals surface area contributed by atoms with E-state index in [1.165, 1.54) is 0 Å². The molecule has 2 aromatic rings. The first-order valence-corrected chi connectivity index (χ1v) is 17.4. The van der Waals surface area contributed by atoms with Crippen LogP contribution in [0.5, 0.6) is 0 Å². The van der Waals surface area contributed by atoms with Gasteiger partial charge in [-0.3, -0.25) is 14.4 Å². The van der Waals surface area contributed by atoms with Gasteiger partial charge in [0.1, 0.15) is 6.04 Å².